The summed E-state index contributed by atoms with van der Waals surface area (Å²) >= 11 is 0. The van der Waals surface area contributed by atoms with Gasteiger partial charge in [-0.05, 0) is 13.0 Å². The van der Waals surface area contributed by atoms with E-state index in [4.69, 9.17) is 5.26 Å². The van der Waals surface area contributed by atoms with E-state index in [9.17, 15) is 8.42 Å². The molecule has 0 radical (unpaired) electrons. The molecule has 1 saturated heterocycles. The van der Waals surface area contributed by atoms with Gasteiger partial charge in [-0.1, -0.05) is 6.92 Å². The Balaban J connectivity index is 2.17. The van der Waals surface area contributed by atoms with Crippen molar-refractivity contribution >= 4 is 9.84 Å². The van der Waals surface area contributed by atoms with Gasteiger partial charge in [0, 0.05) is 31.9 Å². The summed E-state index contributed by atoms with van der Waals surface area (Å²) in [5, 5.41) is 8.57. The molecule has 0 saturated carbocycles. The predicted molar refractivity (Wildman–Crippen MR) is 67.4 cm³/mol. The van der Waals surface area contributed by atoms with E-state index in [1.807, 2.05) is 0 Å². The fraction of sp³-hybridized carbons (Fsp3) is 0.909. The molecule has 0 bridgehead atoms. The quantitative estimate of drug-likeness (QED) is 0.626. The Bertz CT molecular complexity index is 353. The van der Waals surface area contributed by atoms with Crippen LogP contribution < -0.4 is 0 Å². The highest BCUT2D eigenvalue weighted by Crippen LogP contribution is 2.03. The van der Waals surface area contributed by atoms with E-state index >= 15 is 0 Å². The highest BCUT2D eigenvalue weighted by atomic mass is 32.2. The van der Waals surface area contributed by atoms with Crippen LogP contribution in [0.4, 0.5) is 0 Å². The molecular weight excluding hydrogens is 238 g/mol. The first-order chi connectivity index (χ1) is 8.07. The lowest BCUT2D eigenvalue weighted by Gasteiger charge is -2.33. The third-order valence-electron chi connectivity index (χ3n) is 3.13. The number of nitrogens with zero attached hydrogens (tertiary/aromatic N) is 3. The zero-order valence-electron chi connectivity index (χ0n) is 10.4. The molecule has 98 valence electrons. The Labute approximate surface area is 104 Å². The minimum atomic E-state index is -2.82. The van der Waals surface area contributed by atoms with Gasteiger partial charge in [-0.15, -0.1) is 0 Å². The van der Waals surface area contributed by atoms with Crippen LogP contribution in [0.2, 0.25) is 0 Å². The van der Waals surface area contributed by atoms with Crippen LogP contribution in [0.5, 0.6) is 0 Å². The summed E-state index contributed by atoms with van der Waals surface area (Å²) < 4.78 is 22.6. The molecule has 0 aromatic rings. The second-order valence-electron chi connectivity index (χ2n) is 4.37. The summed E-state index contributed by atoms with van der Waals surface area (Å²) in [5.41, 5.74) is 0. The van der Waals surface area contributed by atoms with Crippen molar-refractivity contribution in [2.75, 3.05) is 50.8 Å². The average Bonchev–Trinajstić information content (AvgIpc) is 2.32. The van der Waals surface area contributed by atoms with Crippen molar-refractivity contribution in [3.8, 4) is 6.07 Å². The summed E-state index contributed by atoms with van der Waals surface area (Å²) in [4.78, 5) is 4.40. The topological polar surface area (TPSA) is 64.4 Å². The van der Waals surface area contributed by atoms with Crippen molar-refractivity contribution in [3.63, 3.8) is 0 Å². The van der Waals surface area contributed by atoms with Gasteiger partial charge in [0.05, 0.1) is 18.4 Å². The fourth-order valence-electron chi connectivity index (χ4n) is 1.92. The van der Waals surface area contributed by atoms with Crippen molar-refractivity contribution in [2.24, 2.45) is 0 Å². The summed E-state index contributed by atoms with van der Waals surface area (Å²) in [5.74, 6) is 0.533. The molecule has 0 N–H and O–H groups in total. The molecule has 1 aliphatic heterocycles. The zero-order chi connectivity index (χ0) is 12.7. The Hall–Kier alpha value is -0.640. The first-order valence-corrected chi connectivity index (χ1v) is 7.91. The maximum Gasteiger partial charge on any atom is 0.150 e. The van der Waals surface area contributed by atoms with Crippen LogP contribution in [-0.2, 0) is 9.84 Å². The summed E-state index contributed by atoms with van der Waals surface area (Å²) in [6.07, 6.45) is 0.717. The smallest absolute Gasteiger partial charge is 0.150 e. The number of sulfone groups is 1. The van der Waals surface area contributed by atoms with Crippen molar-refractivity contribution in [1.82, 2.24) is 9.80 Å². The lowest BCUT2D eigenvalue weighted by molar-refractivity contribution is 0.144. The van der Waals surface area contributed by atoms with Gasteiger partial charge in [-0.3, -0.25) is 4.90 Å². The minimum Gasteiger partial charge on any atom is -0.301 e. The van der Waals surface area contributed by atoms with Crippen LogP contribution in [0.1, 0.15) is 13.3 Å². The monoisotopic (exact) mass is 259 g/mol. The van der Waals surface area contributed by atoms with Gasteiger partial charge in [0.15, 0.2) is 0 Å². The van der Waals surface area contributed by atoms with E-state index in [2.05, 4.69) is 15.9 Å². The van der Waals surface area contributed by atoms with E-state index in [-0.39, 0.29) is 5.75 Å². The third-order valence-corrected chi connectivity index (χ3v) is 4.92. The molecule has 5 nitrogen and oxygen atoms in total. The molecule has 17 heavy (non-hydrogen) atoms. The van der Waals surface area contributed by atoms with Crippen LogP contribution >= 0.6 is 0 Å². The Morgan fingerprint density at radius 1 is 1.18 bits per heavy atom. The van der Waals surface area contributed by atoms with E-state index in [0.29, 0.717) is 18.7 Å². The molecule has 0 aromatic carbocycles. The van der Waals surface area contributed by atoms with E-state index in [1.54, 1.807) is 6.92 Å². The molecule has 1 rings (SSSR count). The number of nitriles is 1. The maximum absolute atomic E-state index is 11.3. The molecule has 0 atom stereocenters. The van der Waals surface area contributed by atoms with Crippen LogP contribution in [0.3, 0.4) is 0 Å². The van der Waals surface area contributed by atoms with E-state index in [0.717, 1.165) is 32.7 Å². The van der Waals surface area contributed by atoms with Crippen molar-refractivity contribution in [2.45, 2.75) is 13.3 Å². The van der Waals surface area contributed by atoms with Crippen molar-refractivity contribution < 1.29 is 8.42 Å². The predicted octanol–water partition coefficient (Wildman–Crippen LogP) is -0.0476. The van der Waals surface area contributed by atoms with Crippen LogP contribution in [0, 0.1) is 11.3 Å². The summed E-state index contributed by atoms with van der Waals surface area (Å²) in [7, 11) is -2.82. The zero-order valence-corrected chi connectivity index (χ0v) is 11.2. The Kier molecular flexibility index (Phi) is 5.89. The molecule has 1 heterocycles. The third kappa shape index (κ3) is 5.48. The summed E-state index contributed by atoms with van der Waals surface area (Å²) in [6.45, 7) is 6.73. The van der Waals surface area contributed by atoms with Gasteiger partial charge >= 0.3 is 0 Å². The molecule has 0 unspecified atom stereocenters. The van der Waals surface area contributed by atoms with E-state index in [1.165, 1.54) is 0 Å². The van der Waals surface area contributed by atoms with E-state index < -0.39 is 9.84 Å². The summed E-state index contributed by atoms with van der Waals surface area (Å²) in [6, 6.07) is 2.15. The fourth-order valence-corrected chi connectivity index (χ4v) is 2.78. The van der Waals surface area contributed by atoms with Crippen LogP contribution in [0.25, 0.3) is 0 Å². The SMILES string of the molecule is CCS(=O)(=O)CCCN1CCN(CC#N)CC1. The molecule has 0 aromatic heterocycles. The highest BCUT2D eigenvalue weighted by molar-refractivity contribution is 7.91. The normalized spacial score (nSPS) is 19.1. The Morgan fingerprint density at radius 2 is 1.76 bits per heavy atom. The van der Waals surface area contributed by atoms with Crippen molar-refractivity contribution in [3.05, 3.63) is 0 Å². The Morgan fingerprint density at radius 3 is 2.29 bits per heavy atom. The second-order valence-corrected chi connectivity index (χ2v) is 6.84. The number of hydrogen-bond acceptors (Lipinski definition) is 5. The number of hydrogen-bond donors (Lipinski definition) is 0. The molecule has 1 aliphatic rings. The lowest BCUT2D eigenvalue weighted by Crippen LogP contribution is -2.46. The highest BCUT2D eigenvalue weighted by Gasteiger charge is 2.16. The van der Waals surface area contributed by atoms with Gasteiger partial charge in [0.25, 0.3) is 0 Å². The molecule has 1 fully saturated rings. The first kappa shape index (κ1) is 14.4. The van der Waals surface area contributed by atoms with Gasteiger partial charge < -0.3 is 4.90 Å². The molecule has 0 aliphatic carbocycles. The van der Waals surface area contributed by atoms with Gasteiger partial charge in [0.1, 0.15) is 9.84 Å². The molecule has 6 heteroatoms. The largest absolute Gasteiger partial charge is 0.301 e. The van der Waals surface area contributed by atoms with Crippen molar-refractivity contribution in [1.29, 1.82) is 5.26 Å². The maximum atomic E-state index is 11.3. The minimum absolute atomic E-state index is 0.239. The molecular formula is C11H21N3O2S. The van der Waals surface area contributed by atoms with Gasteiger partial charge in [-0.25, -0.2) is 8.42 Å². The molecule has 0 amide bonds. The second kappa shape index (κ2) is 6.94. The van der Waals surface area contributed by atoms with Crippen LogP contribution in [0.15, 0.2) is 0 Å². The lowest BCUT2D eigenvalue weighted by atomic mass is 10.3. The first-order valence-electron chi connectivity index (χ1n) is 6.09. The molecule has 0 spiro atoms. The standard InChI is InChI=1S/C11H21N3O2S/c1-2-17(15,16)11-3-5-13-7-9-14(6-4-12)10-8-13/h2-3,5-11H2,1H3. The average molecular weight is 259 g/mol. The van der Waals surface area contributed by atoms with Gasteiger partial charge in [0.2, 0.25) is 0 Å². The number of rotatable bonds is 6. The van der Waals surface area contributed by atoms with Crippen LogP contribution in [-0.4, -0.2) is 69.0 Å². The van der Waals surface area contributed by atoms with Gasteiger partial charge in [-0.2, -0.15) is 5.26 Å². The number of piperazine rings is 1.